The zero-order valence-corrected chi connectivity index (χ0v) is 30.0. The molecule has 0 bridgehead atoms. The molecule has 4 heteroatoms. The number of fused-ring (bicyclic) bond motifs is 3. The molecule has 4 nitrogen and oxygen atoms in total. The summed E-state index contributed by atoms with van der Waals surface area (Å²) in [5, 5.41) is 2.01. The maximum absolute atomic E-state index is 6.46. The van der Waals surface area contributed by atoms with Crippen molar-refractivity contribution in [2.24, 2.45) is 0 Å². The summed E-state index contributed by atoms with van der Waals surface area (Å²) in [6.45, 7) is 0. The second kappa shape index (κ2) is 14.0. The van der Waals surface area contributed by atoms with Crippen LogP contribution in [-0.4, -0.2) is 15.0 Å². The number of allylic oxidation sites excluding steroid dienone is 4. The first kappa shape index (κ1) is 32.5. The Morgan fingerprint density at radius 2 is 0.982 bits per heavy atom. The molecule has 1 aliphatic carbocycles. The third kappa shape index (κ3) is 6.24. The number of hydrogen-bond donors (Lipinski definition) is 0. The lowest BCUT2D eigenvalue weighted by Gasteiger charge is -2.17. The van der Waals surface area contributed by atoms with E-state index in [0.717, 1.165) is 72.9 Å². The molecule has 1 atom stereocenters. The zero-order chi connectivity index (χ0) is 36.6. The van der Waals surface area contributed by atoms with Gasteiger partial charge in [0.2, 0.25) is 0 Å². The van der Waals surface area contributed by atoms with Gasteiger partial charge in [-0.1, -0.05) is 176 Å². The lowest BCUT2D eigenvalue weighted by Crippen LogP contribution is -2.05. The fourth-order valence-corrected chi connectivity index (χ4v) is 7.68. The number of furan rings is 1. The molecule has 0 amide bonds. The minimum absolute atomic E-state index is 0.299. The standard InChI is InChI=1S/C51H35N3O/c1-4-12-34(13-5-1)37-20-26-40(27-21-37)43-32-33-46-47(44-18-10-11-19-45(44)55-46)48(43)51-53-49(41-28-22-38(23-29-41)35-14-6-2-7-15-35)52-50(54-51)42-30-24-39(25-31-42)36-16-8-3-9-17-36/h1-24,26-33,39H,25H2. The Hall–Kier alpha value is -7.17. The smallest absolute Gasteiger partial charge is 0.165 e. The van der Waals surface area contributed by atoms with Gasteiger partial charge in [0, 0.05) is 33.4 Å². The van der Waals surface area contributed by atoms with Gasteiger partial charge in [-0.2, -0.15) is 0 Å². The third-order valence-electron chi connectivity index (χ3n) is 10.5. The Morgan fingerprint density at radius 1 is 0.436 bits per heavy atom. The molecule has 7 aromatic carbocycles. The van der Waals surface area contributed by atoms with Crippen LogP contribution in [0.2, 0.25) is 0 Å². The zero-order valence-electron chi connectivity index (χ0n) is 30.0. The average molecular weight is 706 g/mol. The normalized spacial score (nSPS) is 14.0. The predicted molar refractivity (Wildman–Crippen MR) is 225 cm³/mol. The van der Waals surface area contributed by atoms with Gasteiger partial charge in [0.15, 0.2) is 17.5 Å². The van der Waals surface area contributed by atoms with E-state index >= 15 is 0 Å². The minimum Gasteiger partial charge on any atom is -0.456 e. The number of rotatable bonds is 7. The quantitative estimate of drug-likeness (QED) is 0.166. The van der Waals surface area contributed by atoms with Crippen LogP contribution in [0, 0.1) is 0 Å². The maximum Gasteiger partial charge on any atom is 0.165 e. The first-order valence-corrected chi connectivity index (χ1v) is 18.7. The van der Waals surface area contributed by atoms with E-state index in [4.69, 9.17) is 19.4 Å². The molecule has 9 aromatic rings. The summed E-state index contributed by atoms with van der Waals surface area (Å²) in [6, 6.07) is 61.2. The summed E-state index contributed by atoms with van der Waals surface area (Å²) in [6.07, 6.45) is 7.56. The maximum atomic E-state index is 6.46. The first-order valence-electron chi connectivity index (χ1n) is 18.7. The SMILES string of the molecule is C1=CC(c2ccccc2)CC=C1c1nc(-c2ccc(-c3ccccc3)cc2)nc(-c2c(-c3ccc(-c4ccccc4)cc3)ccc3oc4ccccc4c23)n1. The Morgan fingerprint density at radius 3 is 1.64 bits per heavy atom. The van der Waals surface area contributed by atoms with Gasteiger partial charge in [-0.25, -0.2) is 15.0 Å². The molecule has 0 saturated heterocycles. The minimum atomic E-state index is 0.299. The van der Waals surface area contributed by atoms with Crippen LogP contribution >= 0.6 is 0 Å². The summed E-state index contributed by atoms with van der Waals surface area (Å²) in [5.74, 6) is 2.16. The van der Waals surface area contributed by atoms with Crippen molar-refractivity contribution in [1.82, 2.24) is 15.0 Å². The van der Waals surface area contributed by atoms with E-state index in [0.29, 0.717) is 23.4 Å². The van der Waals surface area contributed by atoms with Crippen molar-refractivity contribution in [1.29, 1.82) is 0 Å². The van der Waals surface area contributed by atoms with E-state index in [-0.39, 0.29) is 0 Å². The van der Waals surface area contributed by atoms with Crippen molar-refractivity contribution in [2.45, 2.75) is 12.3 Å². The highest BCUT2D eigenvalue weighted by atomic mass is 16.3. The Balaban J connectivity index is 1.16. The van der Waals surface area contributed by atoms with Crippen LogP contribution in [0.4, 0.5) is 0 Å². The van der Waals surface area contributed by atoms with Gasteiger partial charge >= 0.3 is 0 Å². The van der Waals surface area contributed by atoms with Crippen molar-refractivity contribution in [3.63, 3.8) is 0 Å². The summed E-state index contributed by atoms with van der Waals surface area (Å²) in [5.41, 5.74) is 12.5. The van der Waals surface area contributed by atoms with E-state index in [9.17, 15) is 0 Å². The number of aromatic nitrogens is 3. The largest absolute Gasteiger partial charge is 0.456 e. The molecular formula is C51H35N3O. The highest BCUT2D eigenvalue weighted by Crippen LogP contribution is 2.43. The van der Waals surface area contributed by atoms with Gasteiger partial charge in [-0.15, -0.1) is 0 Å². The lowest BCUT2D eigenvalue weighted by molar-refractivity contribution is 0.669. The van der Waals surface area contributed by atoms with Crippen molar-refractivity contribution >= 4 is 27.5 Å². The van der Waals surface area contributed by atoms with E-state index in [1.165, 1.54) is 11.1 Å². The molecule has 0 N–H and O–H groups in total. The van der Waals surface area contributed by atoms with Crippen LogP contribution in [0.1, 0.15) is 23.7 Å². The van der Waals surface area contributed by atoms with Gasteiger partial charge in [0.1, 0.15) is 11.2 Å². The van der Waals surface area contributed by atoms with E-state index in [1.54, 1.807) is 0 Å². The number of benzene rings is 7. The Labute approximate surface area is 319 Å². The highest BCUT2D eigenvalue weighted by Gasteiger charge is 2.23. The molecule has 0 spiro atoms. The van der Waals surface area contributed by atoms with Crippen LogP contribution < -0.4 is 0 Å². The van der Waals surface area contributed by atoms with Crippen LogP contribution in [0.25, 0.3) is 83.7 Å². The second-order valence-corrected chi connectivity index (χ2v) is 13.9. The van der Waals surface area contributed by atoms with Crippen molar-refractivity contribution in [3.8, 4) is 56.2 Å². The highest BCUT2D eigenvalue weighted by molar-refractivity contribution is 6.15. The lowest BCUT2D eigenvalue weighted by atomic mass is 9.90. The fraction of sp³-hybridized carbons (Fsp3) is 0.0392. The van der Waals surface area contributed by atoms with Crippen LogP contribution in [-0.2, 0) is 0 Å². The summed E-state index contributed by atoms with van der Waals surface area (Å²) < 4.78 is 6.46. The fourth-order valence-electron chi connectivity index (χ4n) is 7.68. The molecule has 10 rings (SSSR count). The molecule has 0 radical (unpaired) electrons. The topological polar surface area (TPSA) is 51.8 Å². The van der Waals surface area contributed by atoms with Crippen molar-refractivity contribution in [2.75, 3.05) is 0 Å². The molecule has 55 heavy (non-hydrogen) atoms. The number of hydrogen-bond acceptors (Lipinski definition) is 4. The molecule has 2 aromatic heterocycles. The van der Waals surface area contributed by atoms with Crippen molar-refractivity contribution < 1.29 is 4.42 Å². The number of nitrogens with zero attached hydrogens (tertiary/aromatic N) is 3. The summed E-state index contributed by atoms with van der Waals surface area (Å²) >= 11 is 0. The van der Waals surface area contributed by atoms with Gasteiger partial charge in [-0.3, -0.25) is 0 Å². The average Bonchev–Trinajstić information content (AvgIpc) is 3.66. The Kier molecular flexibility index (Phi) is 8.27. The predicted octanol–water partition coefficient (Wildman–Crippen LogP) is 13.2. The van der Waals surface area contributed by atoms with Crippen molar-refractivity contribution in [3.05, 3.63) is 206 Å². The van der Waals surface area contributed by atoms with Gasteiger partial charge < -0.3 is 4.42 Å². The molecule has 1 aliphatic rings. The molecule has 0 aliphatic heterocycles. The third-order valence-corrected chi connectivity index (χ3v) is 10.5. The van der Waals surface area contributed by atoms with Crippen LogP contribution in [0.15, 0.2) is 199 Å². The number of para-hydroxylation sites is 1. The summed E-state index contributed by atoms with van der Waals surface area (Å²) in [7, 11) is 0. The van der Waals surface area contributed by atoms with Gasteiger partial charge in [0.25, 0.3) is 0 Å². The molecule has 0 fully saturated rings. The monoisotopic (exact) mass is 705 g/mol. The van der Waals surface area contributed by atoms with Gasteiger partial charge in [0.05, 0.1) is 0 Å². The molecule has 1 unspecified atom stereocenters. The van der Waals surface area contributed by atoms with Gasteiger partial charge in [-0.05, 0) is 63.6 Å². The first-order chi connectivity index (χ1) is 27.2. The molecule has 2 heterocycles. The molecule has 260 valence electrons. The molecule has 0 saturated carbocycles. The van der Waals surface area contributed by atoms with Crippen LogP contribution in [0.3, 0.4) is 0 Å². The second-order valence-electron chi connectivity index (χ2n) is 13.9. The van der Waals surface area contributed by atoms with E-state index < -0.39 is 0 Å². The molecular weight excluding hydrogens is 671 g/mol. The summed E-state index contributed by atoms with van der Waals surface area (Å²) in [4.78, 5) is 15.8. The van der Waals surface area contributed by atoms with E-state index in [1.807, 2.05) is 24.3 Å². The van der Waals surface area contributed by atoms with Crippen LogP contribution in [0.5, 0.6) is 0 Å². The Bertz CT molecular complexity index is 2860. The van der Waals surface area contributed by atoms with E-state index in [2.05, 4.69) is 170 Å².